The summed E-state index contributed by atoms with van der Waals surface area (Å²) in [6.45, 7) is 0.494. The molecule has 0 saturated heterocycles. The van der Waals surface area contributed by atoms with Crippen molar-refractivity contribution in [2.45, 2.75) is 6.42 Å². The van der Waals surface area contributed by atoms with Crippen LogP contribution < -0.4 is 4.74 Å². The van der Waals surface area contributed by atoms with E-state index in [4.69, 9.17) is 27.9 Å². The zero-order valence-electron chi connectivity index (χ0n) is 11.4. The van der Waals surface area contributed by atoms with Gasteiger partial charge in [0, 0.05) is 6.42 Å². The second kappa shape index (κ2) is 7.34. The van der Waals surface area contributed by atoms with E-state index in [1.54, 1.807) is 12.1 Å². The van der Waals surface area contributed by atoms with Crippen molar-refractivity contribution < 1.29 is 14.3 Å². The van der Waals surface area contributed by atoms with Gasteiger partial charge in [-0.15, -0.1) is 0 Å². The number of esters is 1. The lowest BCUT2D eigenvalue weighted by Crippen LogP contribution is -2.05. The lowest BCUT2D eigenvalue weighted by molar-refractivity contribution is 0.0601. The topological polar surface area (TPSA) is 35.5 Å². The Morgan fingerprint density at radius 3 is 2.29 bits per heavy atom. The van der Waals surface area contributed by atoms with E-state index >= 15 is 0 Å². The van der Waals surface area contributed by atoms with Gasteiger partial charge in [-0.25, -0.2) is 4.79 Å². The van der Waals surface area contributed by atoms with Crippen molar-refractivity contribution in [3.05, 3.63) is 63.6 Å². The highest BCUT2D eigenvalue weighted by molar-refractivity contribution is 6.39. The zero-order valence-corrected chi connectivity index (χ0v) is 12.9. The second-order valence-electron chi connectivity index (χ2n) is 4.34. The van der Waals surface area contributed by atoms with Crippen LogP contribution in [0, 0.1) is 0 Å². The molecular weight excluding hydrogens is 311 g/mol. The Morgan fingerprint density at radius 1 is 1.10 bits per heavy atom. The van der Waals surface area contributed by atoms with Crippen LogP contribution in [-0.4, -0.2) is 19.7 Å². The van der Waals surface area contributed by atoms with Crippen LogP contribution in [0.25, 0.3) is 0 Å². The van der Waals surface area contributed by atoms with Crippen LogP contribution in [0.1, 0.15) is 15.9 Å². The third kappa shape index (κ3) is 4.13. The number of carbonyl (C=O) groups excluding carboxylic acids is 1. The first-order valence-corrected chi connectivity index (χ1v) is 7.11. The minimum Gasteiger partial charge on any atom is -0.493 e. The van der Waals surface area contributed by atoms with E-state index in [9.17, 15) is 4.79 Å². The first-order valence-electron chi connectivity index (χ1n) is 6.36. The van der Waals surface area contributed by atoms with E-state index in [0.717, 1.165) is 6.42 Å². The van der Waals surface area contributed by atoms with Crippen LogP contribution in [0.5, 0.6) is 5.75 Å². The fourth-order valence-corrected chi connectivity index (χ4v) is 2.48. The van der Waals surface area contributed by atoms with Crippen molar-refractivity contribution in [3.8, 4) is 5.75 Å². The Balaban J connectivity index is 2.03. The average Bonchev–Trinajstić information content (AvgIpc) is 2.47. The Morgan fingerprint density at radius 2 is 1.71 bits per heavy atom. The maximum atomic E-state index is 11.5. The molecule has 0 fully saturated rings. The first kappa shape index (κ1) is 15.7. The average molecular weight is 325 g/mol. The summed E-state index contributed by atoms with van der Waals surface area (Å²) < 4.78 is 10.2. The molecule has 0 aliphatic heterocycles. The molecule has 110 valence electrons. The monoisotopic (exact) mass is 324 g/mol. The molecule has 0 bridgehead atoms. The molecule has 5 heteroatoms. The Bertz CT molecular complexity index is 604. The number of benzene rings is 2. The summed E-state index contributed by atoms with van der Waals surface area (Å²) in [6, 6.07) is 13.1. The van der Waals surface area contributed by atoms with Gasteiger partial charge in [0.2, 0.25) is 0 Å². The van der Waals surface area contributed by atoms with Gasteiger partial charge >= 0.3 is 5.97 Å². The Labute approximate surface area is 133 Å². The fourth-order valence-electron chi connectivity index (χ4n) is 1.86. The smallest absolute Gasteiger partial charge is 0.340 e. The molecule has 0 atom stereocenters. The predicted molar refractivity (Wildman–Crippen MR) is 83.4 cm³/mol. The van der Waals surface area contributed by atoms with Crippen LogP contribution in [0.3, 0.4) is 0 Å². The van der Waals surface area contributed by atoms with Crippen LogP contribution in [0.15, 0.2) is 42.5 Å². The minimum absolute atomic E-state index is 0.149. The molecule has 0 heterocycles. The van der Waals surface area contributed by atoms with E-state index in [0.29, 0.717) is 12.4 Å². The zero-order chi connectivity index (χ0) is 15.2. The largest absolute Gasteiger partial charge is 0.493 e. The molecule has 2 aromatic carbocycles. The summed E-state index contributed by atoms with van der Waals surface area (Å²) in [5.74, 6) is -0.0468. The quantitative estimate of drug-likeness (QED) is 0.764. The standard InChI is InChI=1S/C16H14Cl2O3/c1-20-16(19)15-13(17)9-12(10-14(15)18)21-8-7-11-5-3-2-4-6-11/h2-6,9-10H,7-8H2,1H3. The number of ether oxygens (including phenoxy) is 2. The van der Waals surface area contributed by atoms with E-state index in [1.807, 2.05) is 30.3 Å². The highest BCUT2D eigenvalue weighted by Crippen LogP contribution is 2.30. The van der Waals surface area contributed by atoms with Gasteiger partial charge in [0.15, 0.2) is 0 Å². The van der Waals surface area contributed by atoms with Gasteiger partial charge in [-0.2, -0.15) is 0 Å². The van der Waals surface area contributed by atoms with E-state index in [2.05, 4.69) is 4.74 Å². The van der Waals surface area contributed by atoms with Crippen LogP contribution in [-0.2, 0) is 11.2 Å². The normalized spacial score (nSPS) is 10.2. The summed E-state index contributed by atoms with van der Waals surface area (Å²) in [5, 5.41) is 0.424. The summed E-state index contributed by atoms with van der Waals surface area (Å²) >= 11 is 12.1. The molecule has 2 rings (SSSR count). The van der Waals surface area contributed by atoms with Crippen molar-refractivity contribution in [1.82, 2.24) is 0 Å². The van der Waals surface area contributed by atoms with Crippen molar-refractivity contribution in [3.63, 3.8) is 0 Å². The first-order chi connectivity index (χ1) is 10.1. The summed E-state index contributed by atoms with van der Waals surface area (Å²) in [5.41, 5.74) is 1.33. The number of carbonyl (C=O) groups is 1. The van der Waals surface area contributed by atoms with Crippen molar-refractivity contribution in [2.75, 3.05) is 13.7 Å². The van der Waals surface area contributed by atoms with Gasteiger partial charge < -0.3 is 9.47 Å². The van der Waals surface area contributed by atoms with Gasteiger partial charge in [0.25, 0.3) is 0 Å². The van der Waals surface area contributed by atoms with Gasteiger partial charge in [0.1, 0.15) is 5.75 Å². The Kier molecular flexibility index (Phi) is 5.48. The third-order valence-corrected chi connectivity index (χ3v) is 3.50. The van der Waals surface area contributed by atoms with Crippen molar-refractivity contribution >= 4 is 29.2 Å². The molecule has 0 N–H and O–H groups in total. The van der Waals surface area contributed by atoms with Crippen LogP contribution in [0.4, 0.5) is 0 Å². The minimum atomic E-state index is -0.569. The lowest BCUT2D eigenvalue weighted by Gasteiger charge is -2.10. The molecule has 0 aromatic heterocycles. The molecule has 0 amide bonds. The molecule has 3 nitrogen and oxygen atoms in total. The molecule has 21 heavy (non-hydrogen) atoms. The molecular formula is C16H14Cl2O3. The molecule has 2 aromatic rings. The molecule has 0 spiro atoms. The highest BCUT2D eigenvalue weighted by Gasteiger charge is 2.17. The van der Waals surface area contributed by atoms with Crippen molar-refractivity contribution in [2.24, 2.45) is 0 Å². The maximum absolute atomic E-state index is 11.5. The number of hydrogen-bond donors (Lipinski definition) is 0. The maximum Gasteiger partial charge on any atom is 0.340 e. The summed E-state index contributed by atoms with van der Waals surface area (Å²) in [4.78, 5) is 11.5. The molecule has 0 aliphatic rings. The van der Waals surface area contributed by atoms with E-state index in [-0.39, 0.29) is 15.6 Å². The SMILES string of the molecule is COC(=O)c1c(Cl)cc(OCCc2ccccc2)cc1Cl. The van der Waals surface area contributed by atoms with Gasteiger partial charge in [0.05, 0.1) is 29.3 Å². The van der Waals surface area contributed by atoms with Gasteiger partial charge in [-0.3, -0.25) is 0 Å². The van der Waals surface area contributed by atoms with E-state index in [1.165, 1.54) is 12.7 Å². The molecule has 0 radical (unpaired) electrons. The molecule has 0 saturated carbocycles. The number of methoxy groups -OCH3 is 1. The third-order valence-electron chi connectivity index (χ3n) is 2.91. The Hall–Kier alpha value is -1.71. The fraction of sp³-hybridized carbons (Fsp3) is 0.188. The van der Waals surface area contributed by atoms with Crippen LogP contribution in [0.2, 0.25) is 10.0 Å². The molecule has 0 unspecified atom stereocenters. The highest BCUT2D eigenvalue weighted by atomic mass is 35.5. The number of hydrogen-bond acceptors (Lipinski definition) is 3. The summed E-state index contributed by atoms with van der Waals surface area (Å²) in [6.07, 6.45) is 0.773. The number of halogens is 2. The van der Waals surface area contributed by atoms with Crippen LogP contribution >= 0.6 is 23.2 Å². The van der Waals surface area contributed by atoms with E-state index < -0.39 is 5.97 Å². The molecule has 0 aliphatic carbocycles. The van der Waals surface area contributed by atoms with Gasteiger partial charge in [-0.05, 0) is 17.7 Å². The summed E-state index contributed by atoms with van der Waals surface area (Å²) in [7, 11) is 1.28. The number of rotatable bonds is 5. The predicted octanol–water partition coefficient (Wildman–Crippen LogP) is 4.40. The van der Waals surface area contributed by atoms with Gasteiger partial charge in [-0.1, -0.05) is 53.5 Å². The van der Waals surface area contributed by atoms with Crippen molar-refractivity contribution in [1.29, 1.82) is 0 Å². The lowest BCUT2D eigenvalue weighted by atomic mass is 10.2. The second-order valence-corrected chi connectivity index (χ2v) is 5.15.